The maximum absolute atomic E-state index is 12.0. The van der Waals surface area contributed by atoms with E-state index in [1.807, 2.05) is 48.9 Å². The zero-order valence-electron chi connectivity index (χ0n) is 14.7. The van der Waals surface area contributed by atoms with Gasteiger partial charge in [0.05, 0.1) is 11.9 Å². The van der Waals surface area contributed by atoms with Crippen molar-refractivity contribution in [1.82, 2.24) is 9.55 Å². The van der Waals surface area contributed by atoms with Gasteiger partial charge in [-0.1, -0.05) is 61.0 Å². The minimum atomic E-state index is -1.23. The van der Waals surface area contributed by atoms with Crippen LogP contribution in [0.1, 0.15) is 40.7 Å². The Morgan fingerprint density at radius 3 is 2.42 bits per heavy atom. The highest BCUT2D eigenvalue weighted by atomic mass is 16.3. The van der Waals surface area contributed by atoms with E-state index < -0.39 is 5.60 Å². The summed E-state index contributed by atoms with van der Waals surface area (Å²) in [5, 5.41) is 12.0. The number of aryl methyl sites for hydroxylation is 3. The number of nitrogens with zero attached hydrogens (tertiary/aromatic N) is 2. The van der Waals surface area contributed by atoms with Gasteiger partial charge in [0.15, 0.2) is 5.60 Å². The Labute approximate surface area is 143 Å². The summed E-state index contributed by atoms with van der Waals surface area (Å²) in [7, 11) is 1.97. The van der Waals surface area contributed by atoms with E-state index in [0.717, 1.165) is 40.2 Å². The normalized spacial score (nSPS) is 13.7. The van der Waals surface area contributed by atoms with E-state index in [9.17, 15) is 5.11 Å². The average Bonchev–Trinajstić information content (AvgIpc) is 2.98. The minimum absolute atomic E-state index is 0.791. The summed E-state index contributed by atoms with van der Waals surface area (Å²) in [5.41, 5.74) is 3.50. The molecule has 1 atom stereocenters. The lowest BCUT2D eigenvalue weighted by Gasteiger charge is -2.31. The smallest absolute Gasteiger partial charge is 0.157 e. The highest BCUT2D eigenvalue weighted by Gasteiger charge is 2.38. The van der Waals surface area contributed by atoms with Gasteiger partial charge in [-0.25, -0.2) is 4.98 Å². The van der Waals surface area contributed by atoms with Crippen molar-refractivity contribution in [2.24, 2.45) is 7.05 Å². The van der Waals surface area contributed by atoms with Crippen LogP contribution < -0.4 is 0 Å². The molecular weight excluding hydrogens is 296 g/mol. The maximum atomic E-state index is 12.0. The van der Waals surface area contributed by atoms with Crippen LogP contribution in [0.15, 0.2) is 54.7 Å². The Bertz CT molecular complexity index is 852. The molecule has 3 aromatic rings. The van der Waals surface area contributed by atoms with Crippen molar-refractivity contribution >= 4 is 0 Å². The lowest BCUT2D eigenvalue weighted by molar-refractivity contribution is 0.116. The molecule has 0 amide bonds. The molecule has 3 rings (SSSR count). The van der Waals surface area contributed by atoms with Crippen LogP contribution >= 0.6 is 0 Å². The summed E-state index contributed by atoms with van der Waals surface area (Å²) >= 11 is 0. The Hall–Kier alpha value is -2.39. The highest BCUT2D eigenvalue weighted by Crippen LogP contribution is 2.38. The molecule has 0 saturated carbocycles. The molecule has 2 aromatic carbocycles. The third-order valence-electron chi connectivity index (χ3n) is 4.75. The number of benzene rings is 2. The van der Waals surface area contributed by atoms with E-state index in [2.05, 4.69) is 37.0 Å². The number of aliphatic hydroxyl groups is 1. The first-order valence-corrected chi connectivity index (χ1v) is 8.35. The molecule has 0 radical (unpaired) electrons. The van der Waals surface area contributed by atoms with Crippen LogP contribution in [0.3, 0.4) is 0 Å². The second-order valence-corrected chi connectivity index (χ2v) is 6.37. The molecule has 3 nitrogen and oxygen atoms in total. The van der Waals surface area contributed by atoms with E-state index in [4.69, 9.17) is 0 Å². The molecule has 0 aliphatic heterocycles. The Morgan fingerprint density at radius 1 is 1.08 bits per heavy atom. The van der Waals surface area contributed by atoms with Gasteiger partial charge in [0.2, 0.25) is 0 Å². The molecule has 0 aliphatic carbocycles. The summed E-state index contributed by atoms with van der Waals surface area (Å²) in [5.74, 6) is 0.963. The fraction of sp³-hybridized carbons (Fsp3) is 0.286. The maximum Gasteiger partial charge on any atom is 0.157 e. The first-order chi connectivity index (χ1) is 11.5. The monoisotopic (exact) mass is 320 g/mol. The van der Waals surface area contributed by atoms with Gasteiger partial charge in [-0.3, -0.25) is 0 Å². The predicted octanol–water partition coefficient (Wildman–Crippen LogP) is 3.88. The molecule has 124 valence electrons. The van der Waals surface area contributed by atoms with Crippen LogP contribution in [0.2, 0.25) is 0 Å². The highest BCUT2D eigenvalue weighted by molar-refractivity contribution is 5.48. The Kier molecular flexibility index (Phi) is 4.29. The van der Waals surface area contributed by atoms with Crippen LogP contribution in [-0.4, -0.2) is 14.7 Å². The molecule has 0 aliphatic rings. The van der Waals surface area contributed by atoms with E-state index in [1.54, 1.807) is 6.20 Å². The van der Waals surface area contributed by atoms with Crippen LogP contribution in [-0.2, 0) is 19.1 Å². The number of hydrogen-bond donors (Lipinski definition) is 1. The Balaban J connectivity index is 2.33. The first-order valence-electron chi connectivity index (χ1n) is 8.35. The SMILES string of the molecule is CCc1ncc([C@@](O)(c2ccccc2)c2cc(C)ccc2C)n1C. The van der Waals surface area contributed by atoms with Crippen molar-refractivity contribution in [2.45, 2.75) is 32.8 Å². The van der Waals surface area contributed by atoms with Gasteiger partial charge in [-0.05, 0) is 30.5 Å². The average molecular weight is 320 g/mol. The van der Waals surface area contributed by atoms with E-state index in [1.165, 1.54) is 0 Å². The minimum Gasteiger partial charge on any atom is -0.374 e. The zero-order valence-corrected chi connectivity index (χ0v) is 14.7. The number of rotatable bonds is 4. The molecule has 0 saturated heterocycles. The van der Waals surface area contributed by atoms with Crippen molar-refractivity contribution in [3.63, 3.8) is 0 Å². The van der Waals surface area contributed by atoms with Gasteiger partial charge in [0, 0.05) is 13.5 Å². The van der Waals surface area contributed by atoms with E-state index >= 15 is 0 Å². The van der Waals surface area contributed by atoms with Crippen molar-refractivity contribution in [1.29, 1.82) is 0 Å². The molecule has 0 bridgehead atoms. The van der Waals surface area contributed by atoms with Gasteiger partial charge >= 0.3 is 0 Å². The van der Waals surface area contributed by atoms with Crippen molar-refractivity contribution in [2.75, 3.05) is 0 Å². The van der Waals surface area contributed by atoms with E-state index in [-0.39, 0.29) is 0 Å². The topological polar surface area (TPSA) is 38.1 Å². The summed E-state index contributed by atoms with van der Waals surface area (Å²) < 4.78 is 2.01. The lowest BCUT2D eigenvalue weighted by atomic mass is 9.81. The second-order valence-electron chi connectivity index (χ2n) is 6.37. The summed E-state index contributed by atoms with van der Waals surface area (Å²) in [6, 6.07) is 16.0. The third-order valence-corrected chi connectivity index (χ3v) is 4.75. The molecule has 0 spiro atoms. The molecule has 0 unspecified atom stereocenters. The molecule has 1 heterocycles. The first kappa shape index (κ1) is 16.5. The fourth-order valence-corrected chi connectivity index (χ4v) is 3.36. The summed E-state index contributed by atoms with van der Waals surface area (Å²) in [4.78, 5) is 4.51. The number of aromatic nitrogens is 2. The number of hydrogen-bond acceptors (Lipinski definition) is 2. The molecule has 0 fully saturated rings. The largest absolute Gasteiger partial charge is 0.374 e. The van der Waals surface area contributed by atoms with Crippen LogP contribution in [0.5, 0.6) is 0 Å². The standard InChI is InChI=1S/C21H24N2O/c1-5-20-22-14-19(23(20)4)21(24,17-9-7-6-8-10-17)18-13-15(2)11-12-16(18)3/h6-14,24H,5H2,1-4H3/t21-/m1/s1. The van der Waals surface area contributed by atoms with Crippen molar-refractivity contribution in [3.05, 3.63) is 88.5 Å². The van der Waals surface area contributed by atoms with Gasteiger partial charge < -0.3 is 9.67 Å². The van der Waals surface area contributed by atoms with Gasteiger partial charge in [-0.2, -0.15) is 0 Å². The van der Waals surface area contributed by atoms with Crippen LogP contribution in [0, 0.1) is 13.8 Å². The van der Waals surface area contributed by atoms with Crippen molar-refractivity contribution < 1.29 is 5.11 Å². The van der Waals surface area contributed by atoms with E-state index in [0.29, 0.717) is 0 Å². The molecule has 24 heavy (non-hydrogen) atoms. The lowest BCUT2D eigenvalue weighted by Crippen LogP contribution is -2.32. The third kappa shape index (κ3) is 2.55. The number of imidazole rings is 1. The zero-order chi connectivity index (χ0) is 17.3. The molecule has 3 heteroatoms. The quantitative estimate of drug-likeness (QED) is 0.792. The van der Waals surface area contributed by atoms with Crippen LogP contribution in [0.25, 0.3) is 0 Å². The Morgan fingerprint density at radius 2 is 1.79 bits per heavy atom. The molecule has 1 N–H and O–H groups in total. The van der Waals surface area contributed by atoms with Gasteiger partial charge in [0.25, 0.3) is 0 Å². The van der Waals surface area contributed by atoms with Gasteiger partial charge in [0.1, 0.15) is 5.82 Å². The summed E-state index contributed by atoms with van der Waals surface area (Å²) in [6.07, 6.45) is 2.63. The fourth-order valence-electron chi connectivity index (χ4n) is 3.36. The predicted molar refractivity (Wildman–Crippen MR) is 97.0 cm³/mol. The van der Waals surface area contributed by atoms with Gasteiger partial charge in [-0.15, -0.1) is 0 Å². The van der Waals surface area contributed by atoms with Crippen molar-refractivity contribution in [3.8, 4) is 0 Å². The molecular formula is C21H24N2O. The van der Waals surface area contributed by atoms with Crippen LogP contribution in [0.4, 0.5) is 0 Å². The molecule has 1 aromatic heterocycles. The second kappa shape index (κ2) is 6.25. The summed E-state index contributed by atoms with van der Waals surface area (Å²) in [6.45, 7) is 6.17.